The molecule has 1 unspecified atom stereocenters. The first-order chi connectivity index (χ1) is 15.2. The minimum absolute atomic E-state index is 0.409. The van der Waals surface area contributed by atoms with Crippen LogP contribution in [0.3, 0.4) is 0 Å². The van der Waals surface area contributed by atoms with Crippen LogP contribution in [0.1, 0.15) is 24.0 Å². The van der Waals surface area contributed by atoms with E-state index in [2.05, 4.69) is 51.9 Å². The van der Waals surface area contributed by atoms with Gasteiger partial charge in [-0.05, 0) is 48.6 Å². The summed E-state index contributed by atoms with van der Waals surface area (Å²) in [5, 5.41) is 18.5. The summed E-state index contributed by atoms with van der Waals surface area (Å²) >= 11 is 1.69. The number of nitrogens with one attached hydrogen (secondary N) is 2. The Morgan fingerprint density at radius 2 is 2.00 bits per heavy atom. The summed E-state index contributed by atoms with van der Waals surface area (Å²) in [5.41, 5.74) is 4.86. The highest BCUT2D eigenvalue weighted by Crippen LogP contribution is 2.29. The molecule has 0 saturated carbocycles. The molecule has 31 heavy (non-hydrogen) atoms. The van der Waals surface area contributed by atoms with E-state index < -0.39 is 6.10 Å². The second-order valence-corrected chi connectivity index (χ2v) is 9.55. The lowest BCUT2D eigenvalue weighted by Gasteiger charge is -2.30. The monoisotopic (exact) mass is 438 g/mol. The van der Waals surface area contributed by atoms with E-state index in [1.165, 1.54) is 11.1 Å². The van der Waals surface area contributed by atoms with Crippen LogP contribution in [0, 0.1) is 0 Å². The Kier molecular flexibility index (Phi) is 6.36. The number of rotatable bonds is 7. The fraction of sp³-hybridized carbons (Fsp3) is 0.458. The zero-order valence-corrected chi connectivity index (χ0v) is 18.5. The van der Waals surface area contributed by atoms with Crippen LogP contribution in [0.15, 0.2) is 42.5 Å². The van der Waals surface area contributed by atoms with E-state index in [4.69, 9.17) is 9.72 Å². The van der Waals surface area contributed by atoms with Gasteiger partial charge in [-0.25, -0.2) is 4.98 Å². The predicted molar refractivity (Wildman–Crippen MR) is 127 cm³/mol. The van der Waals surface area contributed by atoms with Crippen LogP contribution < -0.4 is 10.6 Å². The Bertz CT molecular complexity index is 1020. The van der Waals surface area contributed by atoms with Gasteiger partial charge < -0.3 is 20.5 Å². The van der Waals surface area contributed by atoms with Gasteiger partial charge in [-0.1, -0.05) is 35.6 Å². The number of hydrogen-bond donors (Lipinski definition) is 3. The van der Waals surface area contributed by atoms with Crippen LogP contribution in [0.4, 0.5) is 10.8 Å². The molecule has 164 valence electrons. The molecule has 0 amide bonds. The van der Waals surface area contributed by atoms with Gasteiger partial charge in [0, 0.05) is 51.1 Å². The van der Waals surface area contributed by atoms with Crippen LogP contribution in [-0.4, -0.2) is 60.0 Å². The van der Waals surface area contributed by atoms with Crippen molar-refractivity contribution in [1.29, 1.82) is 0 Å². The zero-order chi connectivity index (χ0) is 21.0. The third kappa shape index (κ3) is 5.18. The van der Waals surface area contributed by atoms with Crippen LogP contribution >= 0.6 is 11.3 Å². The van der Waals surface area contributed by atoms with E-state index in [1.807, 2.05) is 6.07 Å². The normalized spacial score (nSPS) is 18.6. The molecule has 5 rings (SSSR count). The van der Waals surface area contributed by atoms with Gasteiger partial charge in [-0.2, -0.15) is 0 Å². The lowest BCUT2D eigenvalue weighted by atomic mass is 10.00. The van der Waals surface area contributed by atoms with Gasteiger partial charge in [-0.15, -0.1) is 0 Å². The number of fused-ring (bicyclic) bond motifs is 2. The van der Waals surface area contributed by atoms with Gasteiger partial charge >= 0.3 is 0 Å². The molecule has 2 aliphatic heterocycles. The highest BCUT2D eigenvalue weighted by molar-refractivity contribution is 7.22. The molecule has 1 atom stereocenters. The quantitative estimate of drug-likeness (QED) is 0.522. The molecule has 2 aliphatic rings. The lowest BCUT2D eigenvalue weighted by Crippen LogP contribution is -2.39. The van der Waals surface area contributed by atoms with Crippen molar-refractivity contribution in [2.45, 2.75) is 38.0 Å². The van der Waals surface area contributed by atoms with Crippen molar-refractivity contribution < 1.29 is 9.84 Å². The van der Waals surface area contributed by atoms with E-state index in [0.717, 1.165) is 66.6 Å². The number of aromatic nitrogens is 1. The number of hydrogen-bond acceptors (Lipinski definition) is 7. The second kappa shape index (κ2) is 9.53. The van der Waals surface area contributed by atoms with E-state index in [0.29, 0.717) is 19.1 Å². The zero-order valence-electron chi connectivity index (χ0n) is 17.7. The summed E-state index contributed by atoms with van der Waals surface area (Å²) in [6.07, 6.45) is 2.71. The first-order valence-electron chi connectivity index (χ1n) is 11.2. The van der Waals surface area contributed by atoms with Crippen molar-refractivity contribution >= 4 is 32.4 Å². The predicted octanol–water partition coefficient (Wildman–Crippen LogP) is 3.72. The third-order valence-electron chi connectivity index (χ3n) is 6.16. The Hall–Kier alpha value is -2.19. The highest BCUT2D eigenvalue weighted by atomic mass is 32.1. The highest BCUT2D eigenvalue weighted by Gasteiger charge is 2.19. The minimum Gasteiger partial charge on any atom is -0.390 e. The number of aliphatic hydroxyl groups is 1. The minimum atomic E-state index is -0.409. The Balaban J connectivity index is 1.14. The van der Waals surface area contributed by atoms with Crippen molar-refractivity contribution in [2.24, 2.45) is 0 Å². The molecule has 2 aromatic carbocycles. The van der Waals surface area contributed by atoms with Gasteiger partial charge in [0.05, 0.1) is 16.3 Å². The average molecular weight is 439 g/mol. The van der Waals surface area contributed by atoms with Gasteiger partial charge in [0.25, 0.3) is 0 Å². The van der Waals surface area contributed by atoms with Crippen LogP contribution in [0.2, 0.25) is 0 Å². The van der Waals surface area contributed by atoms with Crippen molar-refractivity contribution in [2.75, 3.05) is 43.5 Å². The molecule has 1 saturated heterocycles. The molecule has 1 aromatic heterocycles. The molecule has 6 nitrogen and oxygen atoms in total. The Morgan fingerprint density at radius 3 is 2.87 bits per heavy atom. The number of aliphatic hydroxyl groups excluding tert-OH is 1. The maximum absolute atomic E-state index is 10.6. The van der Waals surface area contributed by atoms with Crippen molar-refractivity contribution in [3.63, 3.8) is 0 Å². The standard InChI is InChI=1S/C24H30N4O2S/c29-21(16-28-10-7-17-3-1-2-4-18(17)15-28)14-25-20-5-6-22-23(13-20)31-24(27-22)26-19-8-11-30-12-9-19/h1-6,13,19,21,25,29H,7-12,14-16H2,(H,26,27). The molecule has 3 N–H and O–H groups in total. The van der Waals surface area contributed by atoms with Crippen molar-refractivity contribution in [3.05, 3.63) is 53.6 Å². The second-order valence-electron chi connectivity index (χ2n) is 8.52. The van der Waals surface area contributed by atoms with Crippen molar-refractivity contribution in [3.8, 4) is 0 Å². The number of benzene rings is 2. The van der Waals surface area contributed by atoms with Crippen LogP contribution in [-0.2, 0) is 17.7 Å². The van der Waals surface area contributed by atoms with Gasteiger partial charge in [-0.3, -0.25) is 4.90 Å². The summed E-state index contributed by atoms with van der Waals surface area (Å²) in [6, 6.07) is 15.3. The smallest absolute Gasteiger partial charge is 0.184 e. The Labute approximate surface area is 187 Å². The van der Waals surface area contributed by atoms with Crippen LogP contribution in [0.5, 0.6) is 0 Å². The summed E-state index contributed by atoms with van der Waals surface area (Å²) in [4.78, 5) is 7.06. The lowest BCUT2D eigenvalue weighted by molar-refractivity contribution is 0.0904. The molecule has 0 aliphatic carbocycles. The summed E-state index contributed by atoms with van der Waals surface area (Å²) in [7, 11) is 0. The molecule has 3 aromatic rings. The number of thiazole rings is 1. The van der Waals surface area contributed by atoms with Gasteiger partial charge in [0.1, 0.15) is 0 Å². The summed E-state index contributed by atoms with van der Waals surface area (Å²) in [6.45, 7) is 4.79. The Morgan fingerprint density at radius 1 is 1.16 bits per heavy atom. The number of nitrogens with zero attached hydrogens (tertiary/aromatic N) is 2. The number of ether oxygens (including phenoxy) is 1. The van der Waals surface area contributed by atoms with E-state index in [-0.39, 0.29) is 0 Å². The van der Waals surface area contributed by atoms with E-state index in [1.54, 1.807) is 11.3 Å². The molecule has 0 bridgehead atoms. The molecular weight excluding hydrogens is 408 g/mol. The molecule has 7 heteroatoms. The van der Waals surface area contributed by atoms with Gasteiger partial charge in [0.2, 0.25) is 0 Å². The maximum Gasteiger partial charge on any atom is 0.184 e. The topological polar surface area (TPSA) is 69.6 Å². The first kappa shape index (κ1) is 20.7. The fourth-order valence-electron chi connectivity index (χ4n) is 4.42. The van der Waals surface area contributed by atoms with Crippen LogP contribution in [0.25, 0.3) is 10.2 Å². The third-order valence-corrected chi connectivity index (χ3v) is 7.11. The number of β-amino-alcohol motifs (C(OH)–C–C–N with tert-alkyl or cyclic N) is 1. The van der Waals surface area contributed by atoms with E-state index in [9.17, 15) is 5.11 Å². The SMILES string of the molecule is OC(CNc1ccc2nc(NC3CCOCC3)sc2c1)CN1CCc2ccccc2C1. The molecular formula is C24H30N4O2S. The fourth-order valence-corrected chi connectivity index (χ4v) is 5.40. The average Bonchev–Trinajstić information content (AvgIpc) is 3.20. The number of anilines is 2. The summed E-state index contributed by atoms with van der Waals surface area (Å²) in [5.74, 6) is 0. The van der Waals surface area contributed by atoms with Gasteiger partial charge in [0.15, 0.2) is 5.13 Å². The van der Waals surface area contributed by atoms with E-state index >= 15 is 0 Å². The summed E-state index contributed by atoms with van der Waals surface area (Å²) < 4.78 is 6.59. The largest absolute Gasteiger partial charge is 0.390 e. The maximum atomic E-state index is 10.6. The first-order valence-corrected chi connectivity index (χ1v) is 12.0. The molecule has 0 spiro atoms. The van der Waals surface area contributed by atoms with Crippen molar-refractivity contribution in [1.82, 2.24) is 9.88 Å². The molecule has 0 radical (unpaired) electrons. The molecule has 3 heterocycles. The molecule has 1 fully saturated rings.